The number of benzene rings is 7. The van der Waals surface area contributed by atoms with Gasteiger partial charge in [-0.3, -0.25) is 4.57 Å². The minimum absolute atomic E-state index is 0. The summed E-state index contributed by atoms with van der Waals surface area (Å²) in [6, 6.07) is 56.1. The molecule has 2 aliphatic rings. The average molecular weight is 1150 g/mol. The molecule has 0 saturated carbocycles. The Morgan fingerprint density at radius 1 is 0.568 bits per heavy atom. The number of ether oxygens (including phenoxy) is 1. The van der Waals surface area contributed by atoms with Crippen LogP contribution in [0.25, 0.3) is 72.3 Å². The molecule has 3 aromatic heterocycles. The van der Waals surface area contributed by atoms with E-state index in [2.05, 4.69) is 237 Å². The first-order valence-corrected chi connectivity index (χ1v) is 26.1. The summed E-state index contributed by atoms with van der Waals surface area (Å²) in [5, 5.41) is 2.23. The van der Waals surface area contributed by atoms with Crippen LogP contribution in [-0.2, 0) is 48.1 Å². The van der Waals surface area contributed by atoms with E-state index in [9.17, 15) is 0 Å². The van der Waals surface area contributed by atoms with Gasteiger partial charge < -0.3 is 13.9 Å². The van der Waals surface area contributed by atoms with Crippen LogP contribution in [-0.4, -0.2) is 14.1 Å². The van der Waals surface area contributed by atoms with Gasteiger partial charge in [-0.25, -0.2) is 4.98 Å². The van der Waals surface area contributed by atoms with Gasteiger partial charge in [0.05, 0.1) is 16.7 Å². The van der Waals surface area contributed by atoms with Gasteiger partial charge in [0.25, 0.3) is 6.33 Å². The molecule has 2 aliphatic carbocycles. The monoisotopic (exact) mass is 1150 g/mol. The van der Waals surface area contributed by atoms with Gasteiger partial charge in [0.1, 0.15) is 5.82 Å². The van der Waals surface area contributed by atoms with E-state index in [0.29, 0.717) is 11.5 Å². The molecule has 0 aliphatic heterocycles. The van der Waals surface area contributed by atoms with Gasteiger partial charge in [-0.2, -0.15) is 18.2 Å². The second-order valence-electron chi connectivity index (χ2n) is 24.9. The second-order valence-corrected chi connectivity index (χ2v) is 24.9. The normalized spacial score (nSPS) is 16.1. The van der Waals surface area contributed by atoms with Crippen LogP contribution in [0.4, 0.5) is 0 Å². The fourth-order valence-electron chi connectivity index (χ4n) is 13.5. The molecule has 7 aromatic carbocycles. The Morgan fingerprint density at radius 2 is 1.15 bits per heavy atom. The maximum atomic E-state index is 6.76. The summed E-state index contributed by atoms with van der Waals surface area (Å²) in [7, 11) is 0. The Labute approximate surface area is 452 Å². The zero-order valence-corrected chi connectivity index (χ0v) is 47.5. The molecule has 376 valence electrons. The third-order valence-corrected chi connectivity index (χ3v) is 16.4. The van der Waals surface area contributed by atoms with Crippen LogP contribution in [0.1, 0.15) is 128 Å². The molecule has 3 heterocycles. The number of hydrogen-bond donors (Lipinski definition) is 0. The van der Waals surface area contributed by atoms with Crippen molar-refractivity contribution in [2.24, 2.45) is 0 Å². The quantitative estimate of drug-likeness (QED) is 0.118. The summed E-state index contributed by atoms with van der Waals surface area (Å²) >= 11 is 0. The number of nitrogens with zero attached hydrogens (tertiary/aromatic N) is 4. The van der Waals surface area contributed by atoms with Gasteiger partial charge in [0.15, 0.2) is 0 Å². The van der Waals surface area contributed by atoms with Crippen molar-refractivity contribution in [3.63, 3.8) is 0 Å². The molecule has 74 heavy (non-hydrogen) atoms. The van der Waals surface area contributed by atoms with Gasteiger partial charge in [0, 0.05) is 44.3 Å². The Kier molecular flexibility index (Phi) is 11.6. The van der Waals surface area contributed by atoms with E-state index < -0.39 is 0 Å². The number of hydrogen-bond acceptors (Lipinski definition) is 2. The van der Waals surface area contributed by atoms with Crippen molar-refractivity contribution >= 4 is 32.8 Å². The minimum Gasteiger partial charge on any atom is -0.510 e. The third-order valence-electron chi connectivity index (χ3n) is 16.4. The zero-order chi connectivity index (χ0) is 51.1. The van der Waals surface area contributed by atoms with Crippen molar-refractivity contribution in [1.29, 1.82) is 0 Å². The molecule has 6 heteroatoms. The summed E-state index contributed by atoms with van der Waals surface area (Å²) in [6.45, 7) is 30.5. The van der Waals surface area contributed by atoms with E-state index in [0.717, 1.165) is 62.9 Å². The van der Waals surface area contributed by atoms with Crippen molar-refractivity contribution in [3.8, 4) is 50.9 Å². The molecule has 0 bridgehead atoms. The van der Waals surface area contributed by atoms with Crippen molar-refractivity contribution in [1.82, 2.24) is 14.1 Å². The Bertz CT molecular complexity index is 3810. The summed E-state index contributed by atoms with van der Waals surface area (Å²) in [6.07, 6.45) is 8.09. The summed E-state index contributed by atoms with van der Waals surface area (Å²) in [5.41, 5.74) is 20.6. The molecule has 0 spiro atoms. The molecule has 0 radical (unpaired) electrons. The molecule has 12 rings (SSSR count). The van der Waals surface area contributed by atoms with Crippen LogP contribution >= 0.6 is 0 Å². The first kappa shape index (κ1) is 49.6. The summed E-state index contributed by atoms with van der Waals surface area (Å²) in [5.74, 6) is 2.04. The summed E-state index contributed by atoms with van der Waals surface area (Å²) in [4.78, 5) is 4.89. The fraction of sp³-hybridized carbons (Fsp3) is 0.294. The molecule has 5 nitrogen and oxygen atoms in total. The molecular formula is C68H66N4OPt-2. The van der Waals surface area contributed by atoms with E-state index >= 15 is 0 Å². The Hall–Kier alpha value is -6.55. The summed E-state index contributed by atoms with van der Waals surface area (Å²) < 4.78 is 13.4. The van der Waals surface area contributed by atoms with Crippen LogP contribution in [0.15, 0.2) is 140 Å². The van der Waals surface area contributed by atoms with E-state index in [1.807, 2.05) is 24.4 Å². The number of aryl methyl sites for hydroxylation is 2. The Balaban J connectivity index is 0.00000588. The van der Waals surface area contributed by atoms with Gasteiger partial charge >= 0.3 is 0 Å². The maximum absolute atomic E-state index is 6.76. The van der Waals surface area contributed by atoms with Crippen LogP contribution in [0, 0.1) is 32.3 Å². The van der Waals surface area contributed by atoms with Crippen LogP contribution in [0.3, 0.4) is 0 Å². The number of imidazole rings is 1. The first-order chi connectivity index (χ1) is 34.6. The molecule has 0 atom stereocenters. The van der Waals surface area contributed by atoms with Crippen molar-refractivity contribution in [2.75, 3.05) is 0 Å². The van der Waals surface area contributed by atoms with E-state index in [1.165, 1.54) is 61.2 Å². The van der Waals surface area contributed by atoms with E-state index in [4.69, 9.17) is 9.72 Å². The van der Waals surface area contributed by atoms with Crippen LogP contribution in [0.2, 0.25) is 0 Å². The number of fused-ring (bicyclic) bond motifs is 6. The predicted molar refractivity (Wildman–Crippen MR) is 300 cm³/mol. The number of pyridine rings is 1. The first-order valence-electron chi connectivity index (χ1n) is 26.1. The molecule has 0 unspecified atom stereocenters. The van der Waals surface area contributed by atoms with E-state index in [-0.39, 0.29) is 48.1 Å². The largest absolute Gasteiger partial charge is 0.510 e. The molecule has 0 amide bonds. The number of aromatic nitrogens is 4. The second kappa shape index (κ2) is 17.3. The standard InChI is InChI=1S/C68H66N4O.Pt/c1-42-33-43(2)62(45-26-30-53-55(35-45)68(12,13)40-66(53,8)9)63(61(42)44-25-29-52-54(34-44)67(10,11)39-65(52,6)7)71-41-70(57-23-16-17-24-58(57)71)47-19-18-20-48(37-47)73-49-27-28-51-50-21-14-15-22-56(50)72(59(51)38-49)60-36-46(31-32-69-60)64(3,4)5;/h14-36H,39-40H2,1-13H3;/q-2;. The Morgan fingerprint density at radius 3 is 1.78 bits per heavy atom. The third kappa shape index (κ3) is 7.99. The van der Waals surface area contributed by atoms with Crippen LogP contribution in [0.5, 0.6) is 11.5 Å². The van der Waals surface area contributed by atoms with Crippen LogP contribution < -0.4 is 9.30 Å². The maximum Gasteiger partial charge on any atom is 0.268 e. The van der Waals surface area contributed by atoms with Gasteiger partial charge in [0.2, 0.25) is 0 Å². The molecule has 10 aromatic rings. The number of rotatable bonds is 7. The molecule has 0 saturated heterocycles. The minimum atomic E-state index is -0.0332. The van der Waals surface area contributed by atoms with Crippen molar-refractivity contribution in [2.45, 2.75) is 130 Å². The van der Waals surface area contributed by atoms with Crippen molar-refractivity contribution in [3.05, 3.63) is 197 Å². The average Bonchev–Trinajstić information content (AvgIpc) is 3.99. The van der Waals surface area contributed by atoms with Gasteiger partial charge in [-0.1, -0.05) is 167 Å². The fourth-order valence-corrected chi connectivity index (χ4v) is 13.5. The van der Waals surface area contributed by atoms with Gasteiger partial charge in [-0.15, -0.1) is 29.7 Å². The molecule has 0 N–H and O–H groups in total. The van der Waals surface area contributed by atoms with E-state index in [1.54, 1.807) is 0 Å². The smallest absolute Gasteiger partial charge is 0.268 e. The zero-order valence-electron chi connectivity index (χ0n) is 45.2. The van der Waals surface area contributed by atoms with Gasteiger partial charge in [-0.05, 0) is 144 Å². The predicted octanol–water partition coefficient (Wildman–Crippen LogP) is 16.8. The SMILES string of the molecule is Cc1cc(C)c(-c2ccc3c(c2)C(C)(C)CC3(C)C)c(-[n+]2[c-]n(-c3[c-]c(Oc4[c-]c5c(cc4)c4ccccc4n5-c4cc(C(C)(C)C)ccn4)ccc3)c3ccccc32)c1-c1ccc2c(c1)C(C)(C)CC2(C)C.[Pt]. The van der Waals surface area contributed by atoms with Crippen molar-refractivity contribution < 1.29 is 30.4 Å². The molecule has 0 fully saturated rings. The molecular weight excluding hydrogens is 1080 g/mol. The topological polar surface area (TPSA) is 35.9 Å². The number of para-hydroxylation sites is 3.